The molecule has 0 heterocycles. The van der Waals surface area contributed by atoms with E-state index in [2.05, 4.69) is 13.2 Å². The van der Waals surface area contributed by atoms with Crippen molar-refractivity contribution in [1.82, 2.24) is 0 Å². The molecule has 0 aromatic rings. The summed E-state index contributed by atoms with van der Waals surface area (Å²) >= 11 is 0. The quantitative estimate of drug-likeness (QED) is 0.586. The van der Waals surface area contributed by atoms with Crippen molar-refractivity contribution in [1.29, 1.82) is 0 Å². The van der Waals surface area contributed by atoms with Crippen molar-refractivity contribution in [2.45, 2.75) is 34.1 Å². The van der Waals surface area contributed by atoms with Gasteiger partial charge in [-0.1, -0.05) is 52.5 Å². The first-order chi connectivity index (χ1) is 6.77. The van der Waals surface area contributed by atoms with E-state index in [4.69, 9.17) is 0 Å². The molecule has 0 fully saturated rings. The van der Waals surface area contributed by atoms with Gasteiger partial charge in [-0.15, -0.1) is 0 Å². The molecular formula is C13H20F2. The van der Waals surface area contributed by atoms with Crippen molar-refractivity contribution in [3.63, 3.8) is 0 Å². The van der Waals surface area contributed by atoms with Crippen LogP contribution in [-0.2, 0) is 0 Å². The van der Waals surface area contributed by atoms with Crippen molar-refractivity contribution < 1.29 is 8.78 Å². The Labute approximate surface area is 91.4 Å². The zero-order chi connectivity index (χ0) is 12.2. The second kappa shape index (κ2) is 5.84. The van der Waals surface area contributed by atoms with Gasteiger partial charge in [-0.3, -0.25) is 0 Å². The highest BCUT2D eigenvalue weighted by molar-refractivity contribution is 5.37. The molecule has 0 rings (SSSR count). The number of halogens is 2. The minimum absolute atomic E-state index is 0.0173. The summed E-state index contributed by atoms with van der Waals surface area (Å²) in [6.45, 7) is 15.0. The van der Waals surface area contributed by atoms with E-state index in [0.29, 0.717) is 11.1 Å². The Balaban J connectivity index is 4.98. The molecule has 86 valence electrons. The van der Waals surface area contributed by atoms with Crippen LogP contribution in [0.2, 0.25) is 0 Å². The van der Waals surface area contributed by atoms with E-state index >= 15 is 0 Å². The molecule has 0 bridgehead atoms. The second-order valence-electron chi connectivity index (χ2n) is 4.31. The van der Waals surface area contributed by atoms with Crippen LogP contribution in [0.15, 0.2) is 36.0 Å². The van der Waals surface area contributed by atoms with E-state index in [9.17, 15) is 8.78 Å². The third kappa shape index (κ3) is 4.41. The first kappa shape index (κ1) is 14.1. The van der Waals surface area contributed by atoms with Crippen LogP contribution in [0.1, 0.15) is 27.7 Å². The number of hydrogen-bond donors (Lipinski definition) is 0. The van der Waals surface area contributed by atoms with E-state index in [0.717, 1.165) is 0 Å². The Morgan fingerprint density at radius 1 is 1.00 bits per heavy atom. The van der Waals surface area contributed by atoms with Gasteiger partial charge in [-0.25, -0.2) is 8.78 Å². The highest BCUT2D eigenvalue weighted by Gasteiger charge is 2.17. The van der Waals surface area contributed by atoms with Gasteiger partial charge in [0.1, 0.15) is 0 Å². The molecule has 0 saturated carbocycles. The summed E-state index contributed by atoms with van der Waals surface area (Å²) in [6.07, 6.45) is -1.01. The van der Waals surface area contributed by atoms with Crippen molar-refractivity contribution in [3.05, 3.63) is 36.0 Å². The molecule has 0 nitrogen and oxygen atoms in total. The maximum atomic E-state index is 12.8. The predicted octanol–water partition coefficient (Wildman–Crippen LogP) is 4.60. The molecule has 0 unspecified atom stereocenters. The lowest BCUT2D eigenvalue weighted by Crippen LogP contribution is -2.06. The molecule has 0 N–H and O–H groups in total. The Bertz CT molecular complexity index is 270. The maximum Gasteiger partial charge on any atom is 0.264 e. The molecule has 0 aromatic heterocycles. The molecule has 15 heavy (non-hydrogen) atoms. The SMILES string of the molecule is C=C(/C=C(\C(=C)C(C)C)C(F)F)C(C)C. The van der Waals surface area contributed by atoms with Gasteiger partial charge in [-0.05, 0) is 17.4 Å². The van der Waals surface area contributed by atoms with Gasteiger partial charge in [0.05, 0.1) is 0 Å². The zero-order valence-corrected chi connectivity index (χ0v) is 9.98. The van der Waals surface area contributed by atoms with Crippen LogP contribution in [0.4, 0.5) is 8.78 Å². The van der Waals surface area contributed by atoms with Crippen LogP contribution in [-0.4, -0.2) is 6.43 Å². The molecule has 0 spiro atoms. The number of rotatable bonds is 5. The van der Waals surface area contributed by atoms with Gasteiger partial charge in [0, 0.05) is 5.57 Å². The van der Waals surface area contributed by atoms with Crippen molar-refractivity contribution in [2.24, 2.45) is 11.8 Å². The van der Waals surface area contributed by atoms with Crippen LogP contribution < -0.4 is 0 Å². The fraction of sp³-hybridized carbons (Fsp3) is 0.538. The van der Waals surface area contributed by atoms with E-state index in [1.165, 1.54) is 6.08 Å². The van der Waals surface area contributed by atoms with Gasteiger partial charge in [0.15, 0.2) is 0 Å². The van der Waals surface area contributed by atoms with Gasteiger partial charge < -0.3 is 0 Å². The fourth-order valence-electron chi connectivity index (χ4n) is 0.996. The summed E-state index contributed by atoms with van der Waals surface area (Å²) < 4.78 is 25.5. The van der Waals surface area contributed by atoms with Crippen molar-refractivity contribution in [2.75, 3.05) is 0 Å². The number of allylic oxidation sites excluding steroid dienone is 4. The molecule has 0 aromatic carbocycles. The summed E-state index contributed by atoms with van der Waals surface area (Å²) in [4.78, 5) is 0. The van der Waals surface area contributed by atoms with E-state index < -0.39 is 6.43 Å². The third-order valence-electron chi connectivity index (χ3n) is 2.39. The standard InChI is InChI=1S/C13H20F2/c1-8(2)10(5)7-12(13(14)15)11(6)9(3)4/h7-9,13H,5-6H2,1-4H3/b12-7+. The van der Waals surface area contributed by atoms with Crippen LogP contribution in [0.25, 0.3) is 0 Å². The first-order valence-electron chi connectivity index (χ1n) is 5.15. The van der Waals surface area contributed by atoms with Crippen LogP contribution >= 0.6 is 0 Å². The normalized spacial score (nSPS) is 12.7. The van der Waals surface area contributed by atoms with Gasteiger partial charge >= 0.3 is 0 Å². The van der Waals surface area contributed by atoms with Crippen LogP contribution in [0.5, 0.6) is 0 Å². The molecule has 0 amide bonds. The minimum Gasteiger partial charge on any atom is -0.205 e. The summed E-state index contributed by atoms with van der Waals surface area (Å²) in [7, 11) is 0. The Hall–Kier alpha value is -0.920. The largest absolute Gasteiger partial charge is 0.264 e. The highest BCUT2D eigenvalue weighted by atomic mass is 19.3. The molecule has 0 radical (unpaired) electrons. The van der Waals surface area contributed by atoms with Gasteiger partial charge in [-0.2, -0.15) is 0 Å². The summed E-state index contributed by atoms with van der Waals surface area (Å²) in [6, 6.07) is 0. The first-order valence-corrected chi connectivity index (χ1v) is 5.15. The third-order valence-corrected chi connectivity index (χ3v) is 2.39. The lowest BCUT2D eigenvalue weighted by Gasteiger charge is -2.15. The van der Waals surface area contributed by atoms with Crippen LogP contribution in [0, 0.1) is 11.8 Å². The van der Waals surface area contributed by atoms with Crippen LogP contribution in [0.3, 0.4) is 0 Å². The zero-order valence-electron chi connectivity index (χ0n) is 9.98. The van der Waals surface area contributed by atoms with E-state index in [1.807, 2.05) is 27.7 Å². The monoisotopic (exact) mass is 214 g/mol. The predicted molar refractivity (Wildman–Crippen MR) is 62.0 cm³/mol. The number of alkyl halides is 2. The second-order valence-corrected chi connectivity index (χ2v) is 4.31. The minimum atomic E-state index is -2.48. The molecule has 0 atom stereocenters. The highest BCUT2D eigenvalue weighted by Crippen LogP contribution is 2.26. The van der Waals surface area contributed by atoms with E-state index in [-0.39, 0.29) is 17.4 Å². The average molecular weight is 214 g/mol. The molecule has 0 aliphatic rings. The Kier molecular flexibility index (Phi) is 5.48. The molecule has 0 aliphatic heterocycles. The average Bonchev–Trinajstić information content (AvgIpc) is 2.11. The molecular weight excluding hydrogens is 194 g/mol. The summed E-state index contributed by atoms with van der Waals surface area (Å²) in [5, 5.41) is 0. The van der Waals surface area contributed by atoms with Crippen molar-refractivity contribution >= 4 is 0 Å². The van der Waals surface area contributed by atoms with Gasteiger partial charge in [0.2, 0.25) is 0 Å². The number of hydrogen-bond acceptors (Lipinski definition) is 0. The van der Waals surface area contributed by atoms with Crippen molar-refractivity contribution in [3.8, 4) is 0 Å². The smallest absolute Gasteiger partial charge is 0.205 e. The topological polar surface area (TPSA) is 0 Å². The molecule has 2 heteroatoms. The Morgan fingerprint density at radius 2 is 1.47 bits per heavy atom. The molecule has 0 aliphatic carbocycles. The summed E-state index contributed by atoms with van der Waals surface area (Å²) in [5.41, 5.74) is 1.22. The van der Waals surface area contributed by atoms with E-state index in [1.54, 1.807) is 0 Å². The lowest BCUT2D eigenvalue weighted by molar-refractivity contribution is 0.190. The maximum absolute atomic E-state index is 12.8. The Morgan fingerprint density at radius 3 is 1.73 bits per heavy atom. The van der Waals surface area contributed by atoms with Gasteiger partial charge in [0.25, 0.3) is 6.43 Å². The summed E-state index contributed by atoms with van der Waals surface area (Å²) in [5.74, 6) is 0.212. The lowest BCUT2D eigenvalue weighted by atomic mass is 9.93. The molecule has 0 saturated heterocycles. The fourth-order valence-corrected chi connectivity index (χ4v) is 0.996.